The predicted molar refractivity (Wildman–Crippen MR) is 231 cm³/mol. The highest BCUT2D eigenvalue weighted by molar-refractivity contribution is 6.58. The van der Waals surface area contributed by atoms with Crippen LogP contribution in [0, 0.1) is 5.92 Å². The van der Waals surface area contributed by atoms with E-state index in [0.29, 0.717) is 36.5 Å². The number of amides is 3. The standard InChI is InChI=1S/C47H54BN5O6/c1-2-41(34-6-4-3-5-7-34)45(35-8-12-38(13-9-35)48(57)58)36-10-15-40(16-11-36)59-29-28-50-22-20-33(21-23-50)31-51-24-26-52(27-25-51)39-14-17-42-37(30-39)32-53(47(42)56)43-18-19-44(54)49-46(43)55/h3-17,30,33,43,57-58H,2,18-29,31-32H2,1H3,(H,49,54,55)/b45-41-/t43-/m1/s1. The Hall–Kier alpha value is -5.27. The Bertz CT molecular complexity index is 2150. The van der Waals surface area contributed by atoms with Gasteiger partial charge in [0.2, 0.25) is 11.8 Å². The lowest BCUT2D eigenvalue weighted by Gasteiger charge is -2.39. The molecule has 0 aromatic heterocycles. The molecule has 0 bridgehead atoms. The van der Waals surface area contributed by atoms with Gasteiger partial charge in [0.15, 0.2) is 0 Å². The van der Waals surface area contributed by atoms with Crippen molar-refractivity contribution in [3.05, 3.63) is 125 Å². The molecule has 0 radical (unpaired) electrons. The average molecular weight is 796 g/mol. The van der Waals surface area contributed by atoms with E-state index in [1.807, 2.05) is 42.5 Å². The summed E-state index contributed by atoms with van der Waals surface area (Å²) in [5, 5.41) is 21.7. The molecule has 4 heterocycles. The molecule has 1 atom stereocenters. The average Bonchev–Trinajstić information content (AvgIpc) is 3.59. The molecule has 3 N–H and O–H groups in total. The van der Waals surface area contributed by atoms with Gasteiger partial charge in [-0.05, 0) is 114 Å². The van der Waals surface area contributed by atoms with Crippen LogP contribution >= 0.6 is 0 Å². The first-order valence-corrected chi connectivity index (χ1v) is 21.2. The maximum atomic E-state index is 13.1. The van der Waals surface area contributed by atoms with Crippen LogP contribution in [-0.4, -0.2) is 115 Å². The molecule has 8 rings (SSSR count). The van der Waals surface area contributed by atoms with E-state index in [0.717, 1.165) is 98.0 Å². The third-order valence-electron chi connectivity index (χ3n) is 12.6. The number of piperidine rings is 2. The van der Waals surface area contributed by atoms with Crippen molar-refractivity contribution in [1.29, 1.82) is 0 Å². The van der Waals surface area contributed by atoms with Crippen molar-refractivity contribution in [2.24, 2.45) is 5.92 Å². The van der Waals surface area contributed by atoms with Gasteiger partial charge in [-0.2, -0.15) is 0 Å². The number of piperazine rings is 1. The zero-order valence-corrected chi connectivity index (χ0v) is 33.9. The van der Waals surface area contributed by atoms with Crippen molar-refractivity contribution in [3.8, 4) is 5.75 Å². The molecule has 3 fully saturated rings. The lowest BCUT2D eigenvalue weighted by atomic mass is 9.79. The van der Waals surface area contributed by atoms with Gasteiger partial charge in [0.05, 0.1) is 0 Å². The number of carbonyl (C=O) groups excluding carboxylic acids is 3. The fraction of sp³-hybridized carbons (Fsp3) is 0.383. The lowest BCUT2D eigenvalue weighted by molar-refractivity contribution is -0.136. The molecular weight excluding hydrogens is 741 g/mol. The molecule has 4 aromatic carbocycles. The van der Waals surface area contributed by atoms with E-state index in [2.05, 4.69) is 69.4 Å². The van der Waals surface area contributed by atoms with E-state index in [1.54, 1.807) is 17.0 Å². The van der Waals surface area contributed by atoms with Crippen LogP contribution in [0.4, 0.5) is 5.69 Å². The molecule has 12 heteroatoms. The van der Waals surface area contributed by atoms with Crippen LogP contribution in [0.3, 0.4) is 0 Å². The number of hydrogen-bond acceptors (Lipinski definition) is 9. The summed E-state index contributed by atoms with van der Waals surface area (Å²) in [4.78, 5) is 46.4. The second kappa shape index (κ2) is 18.3. The monoisotopic (exact) mass is 795 g/mol. The van der Waals surface area contributed by atoms with E-state index >= 15 is 0 Å². The van der Waals surface area contributed by atoms with Crippen molar-refractivity contribution >= 4 is 47.1 Å². The van der Waals surface area contributed by atoms with Gasteiger partial charge in [-0.3, -0.25) is 29.5 Å². The Balaban J connectivity index is 0.785. The van der Waals surface area contributed by atoms with Gasteiger partial charge in [-0.1, -0.05) is 73.7 Å². The van der Waals surface area contributed by atoms with Crippen molar-refractivity contribution in [1.82, 2.24) is 20.0 Å². The van der Waals surface area contributed by atoms with Crippen molar-refractivity contribution in [2.75, 3.05) is 63.9 Å². The number of allylic oxidation sites excluding steroid dienone is 1. The Morgan fingerprint density at radius 1 is 0.780 bits per heavy atom. The molecule has 3 amide bonds. The summed E-state index contributed by atoms with van der Waals surface area (Å²) in [6.07, 6.45) is 3.84. The Morgan fingerprint density at radius 2 is 1.47 bits per heavy atom. The number of fused-ring (bicyclic) bond motifs is 1. The first kappa shape index (κ1) is 40.5. The number of ether oxygens (including phenoxy) is 1. The summed E-state index contributed by atoms with van der Waals surface area (Å²) in [7, 11) is -1.50. The third-order valence-corrected chi connectivity index (χ3v) is 12.6. The van der Waals surface area contributed by atoms with E-state index in [-0.39, 0.29) is 24.1 Å². The van der Waals surface area contributed by atoms with Crippen molar-refractivity contribution in [3.63, 3.8) is 0 Å². The molecular formula is C47H54BN5O6. The topological polar surface area (TPSA) is 126 Å². The van der Waals surface area contributed by atoms with Gasteiger partial charge in [0.25, 0.3) is 5.91 Å². The summed E-state index contributed by atoms with van der Waals surface area (Å²) >= 11 is 0. The number of rotatable bonds is 13. The Labute approximate surface area is 347 Å². The van der Waals surface area contributed by atoms with E-state index < -0.39 is 13.2 Å². The largest absolute Gasteiger partial charge is 0.492 e. The van der Waals surface area contributed by atoms with Crippen LogP contribution < -0.4 is 20.4 Å². The third kappa shape index (κ3) is 9.31. The van der Waals surface area contributed by atoms with E-state index in [4.69, 9.17) is 4.74 Å². The number of likely N-dealkylation sites (tertiary alicyclic amines) is 1. The van der Waals surface area contributed by atoms with Gasteiger partial charge in [-0.25, -0.2) is 0 Å². The highest BCUT2D eigenvalue weighted by Crippen LogP contribution is 2.35. The summed E-state index contributed by atoms with van der Waals surface area (Å²) in [6, 6.07) is 31.7. The Morgan fingerprint density at radius 3 is 2.14 bits per heavy atom. The smallest absolute Gasteiger partial charge is 0.488 e. The SMILES string of the molecule is CC/C(=C(/c1ccc(OCCN2CCC(CN3CCN(c4ccc5c(c4)CN([C@@H]4CCC(=O)NC4=O)C5=O)CC3)CC2)cc1)c1ccc(B(O)O)cc1)c1ccccc1. The molecule has 0 saturated carbocycles. The van der Waals surface area contributed by atoms with Gasteiger partial charge < -0.3 is 24.6 Å². The van der Waals surface area contributed by atoms with Crippen LogP contribution in [0.15, 0.2) is 97.1 Å². The van der Waals surface area contributed by atoms with Crippen LogP contribution in [-0.2, 0) is 16.1 Å². The molecule has 0 unspecified atom stereocenters. The van der Waals surface area contributed by atoms with Gasteiger partial charge >= 0.3 is 7.12 Å². The van der Waals surface area contributed by atoms with Crippen LogP contribution in [0.1, 0.15) is 71.6 Å². The summed E-state index contributed by atoms with van der Waals surface area (Å²) in [5.41, 5.74) is 8.80. The zero-order valence-electron chi connectivity index (χ0n) is 33.9. The lowest BCUT2D eigenvalue weighted by Crippen LogP contribution is -2.52. The summed E-state index contributed by atoms with van der Waals surface area (Å²) in [6.45, 7) is 11.3. The highest BCUT2D eigenvalue weighted by Gasteiger charge is 2.39. The van der Waals surface area contributed by atoms with Gasteiger partial charge in [-0.15, -0.1) is 0 Å². The number of nitrogens with zero attached hydrogens (tertiary/aromatic N) is 4. The molecule has 4 aromatic rings. The molecule has 306 valence electrons. The molecule has 4 aliphatic heterocycles. The minimum Gasteiger partial charge on any atom is -0.492 e. The molecule has 0 aliphatic carbocycles. The zero-order chi connectivity index (χ0) is 40.9. The second-order valence-corrected chi connectivity index (χ2v) is 16.3. The van der Waals surface area contributed by atoms with Crippen LogP contribution in [0.2, 0.25) is 0 Å². The number of carbonyl (C=O) groups is 3. The van der Waals surface area contributed by atoms with Gasteiger partial charge in [0, 0.05) is 63.5 Å². The molecule has 11 nitrogen and oxygen atoms in total. The molecule has 59 heavy (non-hydrogen) atoms. The number of anilines is 1. The molecule has 4 aliphatic rings. The Kier molecular flexibility index (Phi) is 12.6. The number of nitrogens with one attached hydrogen (secondary N) is 1. The van der Waals surface area contributed by atoms with Gasteiger partial charge in [0.1, 0.15) is 18.4 Å². The fourth-order valence-corrected chi connectivity index (χ4v) is 9.22. The second-order valence-electron chi connectivity index (χ2n) is 16.3. The summed E-state index contributed by atoms with van der Waals surface area (Å²) < 4.78 is 6.26. The number of hydrogen-bond donors (Lipinski definition) is 3. The van der Waals surface area contributed by atoms with Crippen LogP contribution in [0.5, 0.6) is 5.75 Å². The maximum absolute atomic E-state index is 13.1. The summed E-state index contributed by atoms with van der Waals surface area (Å²) in [5.74, 6) is 0.754. The quantitative estimate of drug-likeness (QED) is 0.103. The van der Waals surface area contributed by atoms with Crippen LogP contribution in [0.25, 0.3) is 11.1 Å². The normalized spacial score (nSPS) is 19.7. The minimum atomic E-state index is -1.50. The minimum absolute atomic E-state index is 0.130. The number of benzene rings is 4. The maximum Gasteiger partial charge on any atom is 0.488 e. The molecule has 3 saturated heterocycles. The first-order valence-electron chi connectivity index (χ1n) is 21.2. The predicted octanol–water partition coefficient (Wildman–Crippen LogP) is 4.41. The van der Waals surface area contributed by atoms with E-state index in [1.165, 1.54) is 18.4 Å². The highest BCUT2D eigenvalue weighted by atomic mass is 16.5. The fourth-order valence-electron chi connectivity index (χ4n) is 9.22. The first-order chi connectivity index (χ1) is 28.7. The van der Waals surface area contributed by atoms with Crippen molar-refractivity contribution in [2.45, 2.75) is 51.6 Å². The number of imide groups is 1. The van der Waals surface area contributed by atoms with E-state index in [9.17, 15) is 24.4 Å². The van der Waals surface area contributed by atoms with Crippen molar-refractivity contribution < 1.29 is 29.2 Å². The molecule has 0 spiro atoms.